The Bertz CT molecular complexity index is 1380. The average molecular weight is 526 g/mol. The normalized spacial score (nSPS) is 16.9. The highest BCUT2D eigenvalue weighted by atomic mass is 16.5. The summed E-state index contributed by atoms with van der Waals surface area (Å²) in [5, 5.41) is 6.16. The summed E-state index contributed by atoms with van der Waals surface area (Å²) in [5.41, 5.74) is 5.04. The molecule has 2 aliphatic rings. The van der Waals surface area contributed by atoms with Gasteiger partial charge in [-0.2, -0.15) is 0 Å². The van der Waals surface area contributed by atoms with Gasteiger partial charge in [-0.3, -0.25) is 9.69 Å². The zero-order valence-corrected chi connectivity index (χ0v) is 21.7. The molecule has 0 aliphatic carbocycles. The van der Waals surface area contributed by atoms with Gasteiger partial charge in [-0.15, -0.1) is 0 Å². The summed E-state index contributed by atoms with van der Waals surface area (Å²) in [6.45, 7) is 5.37. The highest BCUT2D eigenvalue weighted by Crippen LogP contribution is 2.24. The Morgan fingerprint density at radius 1 is 0.974 bits per heavy atom. The molecule has 200 valence electrons. The molecule has 39 heavy (non-hydrogen) atoms. The molecule has 2 N–H and O–H groups in total. The van der Waals surface area contributed by atoms with E-state index < -0.39 is 0 Å². The molecule has 3 heterocycles. The van der Waals surface area contributed by atoms with Gasteiger partial charge in [0.15, 0.2) is 0 Å². The molecule has 6 bridgehead atoms. The summed E-state index contributed by atoms with van der Waals surface area (Å²) in [4.78, 5) is 23.8. The molecule has 9 nitrogen and oxygen atoms in total. The van der Waals surface area contributed by atoms with Gasteiger partial charge in [-0.1, -0.05) is 36.3 Å². The number of carbonyl (C=O) groups is 1. The number of rotatable bonds is 2. The molecule has 0 saturated carbocycles. The first kappa shape index (κ1) is 26.5. The van der Waals surface area contributed by atoms with Crippen LogP contribution in [-0.2, 0) is 32.2 Å². The first-order valence-corrected chi connectivity index (χ1v) is 12.9. The third-order valence-corrected chi connectivity index (χ3v) is 6.13. The van der Waals surface area contributed by atoms with Crippen LogP contribution in [0.25, 0.3) is 11.3 Å². The van der Waals surface area contributed by atoms with Crippen LogP contribution >= 0.6 is 0 Å². The molecule has 0 atom stereocenters. The maximum absolute atomic E-state index is 12.6. The number of anilines is 3. The van der Waals surface area contributed by atoms with Gasteiger partial charge in [0, 0.05) is 36.2 Å². The SMILES string of the molecule is O=C(C#CCN1CCOCC1)Nc1cc2cc(c1)Nc1nccc(n1)-c1cccc(c1)COC/C=C/COC2. The van der Waals surface area contributed by atoms with E-state index in [9.17, 15) is 4.79 Å². The molecule has 5 rings (SSSR count). The number of ether oxygens (including phenoxy) is 3. The average Bonchev–Trinajstić information content (AvgIpc) is 2.95. The molecule has 9 heteroatoms. The first-order valence-electron chi connectivity index (χ1n) is 12.9. The third kappa shape index (κ3) is 8.21. The van der Waals surface area contributed by atoms with Crippen molar-refractivity contribution in [1.82, 2.24) is 14.9 Å². The number of aromatic nitrogens is 2. The number of nitrogens with zero attached hydrogens (tertiary/aromatic N) is 3. The molecule has 2 aliphatic heterocycles. The Kier molecular flexibility index (Phi) is 9.28. The molecule has 3 aromatic rings. The molecule has 0 radical (unpaired) electrons. The number of nitrogens with one attached hydrogen (secondary N) is 2. The fourth-order valence-electron chi connectivity index (χ4n) is 4.23. The van der Waals surface area contributed by atoms with Crippen LogP contribution in [0.2, 0.25) is 0 Å². The van der Waals surface area contributed by atoms with E-state index in [2.05, 4.69) is 38.4 Å². The molecule has 1 saturated heterocycles. The zero-order chi connectivity index (χ0) is 26.7. The lowest BCUT2D eigenvalue weighted by Gasteiger charge is -2.24. The van der Waals surface area contributed by atoms with Gasteiger partial charge in [0.1, 0.15) is 0 Å². The summed E-state index contributed by atoms with van der Waals surface area (Å²) in [7, 11) is 0. The Morgan fingerprint density at radius 2 is 1.79 bits per heavy atom. The van der Waals surface area contributed by atoms with Crippen LogP contribution in [0.1, 0.15) is 11.1 Å². The maximum Gasteiger partial charge on any atom is 0.300 e. The maximum atomic E-state index is 12.6. The highest BCUT2D eigenvalue weighted by Gasteiger charge is 2.10. The molecular formula is C30H31N5O4. The Hall–Kier alpha value is -4.07. The van der Waals surface area contributed by atoms with E-state index >= 15 is 0 Å². The van der Waals surface area contributed by atoms with Crippen molar-refractivity contribution < 1.29 is 19.0 Å². The minimum Gasteiger partial charge on any atom is -0.379 e. The molecule has 1 amide bonds. The minimum absolute atomic E-state index is 0.359. The number of amides is 1. The van der Waals surface area contributed by atoms with E-state index in [-0.39, 0.29) is 5.91 Å². The van der Waals surface area contributed by atoms with E-state index in [0.29, 0.717) is 57.8 Å². The van der Waals surface area contributed by atoms with Gasteiger partial charge in [0.2, 0.25) is 5.95 Å². The zero-order valence-electron chi connectivity index (χ0n) is 21.7. The van der Waals surface area contributed by atoms with Crippen molar-refractivity contribution in [3.8, 4) is 23.1 Å². The number of carbonyl (C=O) groups excluding carboxylic acids is 1. The van der Waals surface area contributed by atoms with Crippen LogP contribution in [-0.4, -0.2) is 66.8 Å². The van der Waals surface area contributed by atoms with Crippen LogP contribution < -0.4 is 10.6 Å². The monoisotopic (exact) mass is 525 g/mol. The van der Waals surface area contributed by atoms with Crippen molar-refractivity contribution in [3.63, 3.8) is 0 Å². The predicted octanol–water partition coefficient (Wildman–Crippen LogP) is 3.76. The van der Waals surface area contributed by atoms with Crippen LogP contribution in [0.3, 0.4) is 0 Å². The summed E-state index contributed by atoms with van der Waals surface area (Å²) >= 11 is 0. The van der Waals surface area contributed by atoms with Gasteiger partial charge in [0.25, 0.3) is 5.91 Å². The van der Waals surface area contributed by atoms with Crippen LogP contribution in [0.15, 0.2) is 66.9 Å². The quantitative estimate of drug-likeness (QED) is 0.386. The van der Waals surface area contributed by atoms with E-state index in [1.54, 1.807) is 6.20 Å². The van der Waals surface area contributed by atoms with Gasteiger partial charge >= 0.3 is 0 Å². The van der Waals surface area contributed by atoms with Gasteiger partial charge in [0.05, 0.1) is 51.9 Å². The Labute approximate surface area is 228 Å². The smallest absolute Gasteiger partial charge is 0.300 e. The second kappa shape index (κ2) is 13.6. The lowest BCUT2D eigenvalue weighted by Crippen LogP contribution is -2.36. The molecule has 1 aromatic heterocycles. The summed E-state index contributed by atoms with van der Waals surface area (Å²) in [5.74, 6) is 5.72. The van der Waals surface area contributed by atoms with Crippen molar-refractivity contribution in [1.29, 1.82) is 0 Å². The Balaban J connectivity index is 1.36. The van der Waals surface area contributed by atoms with Gasteiger partial charge in [-0.25, -0.2) is 9.97 Å². The second-order valence-electron chi connectivity index (χ2n) is 9.16. The van der Waals surface area contributed by atoms with Crippen LogP contribution in [0.5, 0.6) is 0 Å². The predicted molar refractivity (Wildman–Crippen MR) is 149 cm³/mol. The largest absolute Gasteiger partial charge is 0.379 e. The van der Waals surface area contributed by atoms with E-state index in [1.165, 1.54) is 0 Å². The molecular weight excluding hydrogens is 494 g/mol. The number of fused-ring (bicyclic) bond motifs is 7. The second-order valence-corrected chi connectivity index (χ2v) is 9.16. The van der Waals surface area contributed by atoms with Crippen molar-refractivity contribution in [3.05, 3.63) is 78.0 Å². The summed E-state index contributed by atoms with van der Waals surface area (Å²) in [6, 6.07) is 15.6. The number of hydrogen-bond donors (Lipinski definition) is 2. The fourth-order valence-corrected chi connectivity index (χ4v) is 4.23. The van der Waals surface area contributed by atoms with Crippen molar-refractivity contribution in [2.24, 2.45) is 0 Å². The molecule has 0 spiro atoms. The lowest BCUT2D eigenvalue weighted by atomic mass is 10.1. The minimum atomic E-state index is -0.372. The lowest BCUT2D eigenvalue weighted by molar-refractivity contribution is -0.111. The van der Waals surface area contributed by atoms with E-state index in [1.807, 2.05) is 54.6 Å². The van der Waals surface area contributed by atoms with Crippen molar-refractivity contribution in [2.75, 3.05) is 56.7 Å². The first-order chi connectivity index (χ1) is 19.2. The third-order valence-electron chi connectivity index (χ3n) is 6.13. The summed E-state index contributed by atoms with van der Waals surface area (Å²) < 4.78 is 17.0. The Morgan fingerprint density at radius 3 is 2.64 bits per heavy atom. The van der Waals surface area contributed by atoms with E-state index in [0.717, 1.165) is 41.2 Å². The molecule has 2 aromatic carbocycles. The number of hydrogen-bond acceptors (Lipinski definition) is 8. The molecule has 0 unspecified atom stereocenters. The van der Waals surface area contributed by atoms with Crippen LogP contribution in [0, 0.1) is 11.8 Å². The standard InChI is InChI=1S/C30H31N5O4/c36-29(7-4-10-35-11-15-37-16-12-35)32-26-18-24-19-27(20-26)33-30-31-9-8-28(34-30)25-6-3-5-23(17-25)21-38-13-1-2-14-39-22-24/h1-3,5-6,8-9,17-20H,10-16,21-22H2,(H,32,36)(H,31,33,34)/b2-1+. The highest BCUT2D eigenvalue weighted by molar-refractivity contribution is 6.04. The topological polar surface area (TPSA) is 97.8 Å². The van der Waals surface area contributed by atoms with E-state index in [4.69, 9.17) is 19.2 Å². The van der Waals surface area contributed by atoms with Gasteiger partial charge < -0.3 is 24.8 Å². The number of benzene rings is 2. The molecule has 1 fully saturated rings. The fraction of sp³-hybridized carbons (Fsp3) is 0.300. The van der Waals surface area contributed by atoms with Gasteiger partial charge in [-0.05, 0) is 47.4 Å². The van der Waals surface area contributed by atoms with Crippen LogP contribution in [0.4, 0.5) is 17.3 Å². The van der Waals surface area contributed by atoms with Crippen molar-refractivity contribution >= 4 is 23.2 Å². The van der Waals surface area contributed by atoms with Crippen molar-refractivity contribution in [2.45, 2.75) is 13.2 Å². The summed E-state index contributed by atoms with van der Waals surface area (Å²) in [6.07, 6.45) is 5.60. The number of morpholine rings is 1.